The Balaban J connectivity index is 1.94. The average molecular weight is 314 g/mol. The first kappa shape index (κ1) is 14.7. The van der Waals surface area contributed by atoms with Crippen LogP contribution in [0, 0.1) is 11.3 Å². The van der Waals surface area contributed by atoms with Gasteiger partial charge >= 0.3 is 0 Å². The smallest absolute Gasteiger partial charge is 0.161 e. The Labute approximate surface area is 134 Å². The molecule has 0 amide bonds. The molecule has 1 N–H and O–H groups in total. The normalized spacial score (nSPS) is 18.7. The topological polar surface area (TPSA) is 57.9 Å². The maximum Gasteiger partial charge on any atom is 0.161 e. The van der Waals surface area contributed by atoms with Crippen LogP contribution in [0.2, 0.25) is 5.02 Å². The number of ether oxygens (including phenoxy) is 1. The molecule has 0 fully saturated rings. The molecule has 0 saturated carbocycles. The molecule has 0 bridgehead atoms. The maximum atomic E-state index is 9.04. The van der Waals surface area contributed by atoms with Gasteiger partial charge in [-0.05, 0) is 32.0 Å². The van der Waals surface area contributed by atoms with Crippen LogP contribution in [-0.4, -0.2) is 10.6 Å². The van der Waals surface area contributed by atoms with Crippen molar-refractivity contribution in [2.75, 3.05) is 5.32 Å². The Morgan fingerprint density at radius 2 is 2.09 bits per heavy atom. The molecule has 112 valence electrons. The SMILES string of the molecule is CC1(C)CC(Nc2ccc(Cl)c(C#N)n2)c2ccccc2O1. The Kier molecular flexibility index (Phi) is 3.67. The van der Waals surface area contributed by atoms with E-state index >= 15 is 0 Å². The van der Waals surface area contributed by atoms with Gasteiger partial charge in [-0.1, -0.05) is 29.8 Å². The predicted octanol–water partition coefficient (Wildman–Crippen LogP) is 4.32. The summed E-state index contributed by atoms with van der Waals surface area (Å²) in [6.45, 7) is 4.13. The lowest BCUT2D eigenvalue weighted by Crippen LogP contribution is -2.37. The van der Waals surface area contributed by atoms with E-state index in [4.69, 9.17) is 21.6 Å². The van der Waals surface area contributed by atoms with Crippen molar-refractivity contribution >= 4 is 17.4 Å². The summed E-state index contributed by atoms with van der Waals surface area (Å²) in [5, 5.41) is 12.8. The molecule has 2 heterocycles. The number of nitriles is 1. The molecule has 1 aromatic heterocycles. The highest BCUT2D eigenvalue weighted by Crippen LogP contribution is 2.40. The number of anilines is 1. The lowest BCUT2D eigenvalue weighted by Gasteiger charge is -2.38. The lowest BCUT2D eigenvalue weighted by molar-refractivity contribution is 0.0758. The summed E-state index contributed by atoms with van der Waals surface area (Å²) in [4.78, 5) is 4.26. The number of para-hydroxylation sites is 1. The number of benzene rings is 1. The second-order valence-corrected chi connectivity index (χ2v) is 6.35. The van der Waals surface area contributed by atoms with Gasteiger partial charge in [0.15, 0.2) is 5.69 Å². The summed E-state index contributed by atoms with van der Waals surface area (Å²) in [6, 6.07) is 13.5. The first-order valence-electron chi connectivity index (χ1n) is 7.10. The highest BCUT2D eigenvalue weighted by atomic mass is 35.5. The minimum Gasteiger partial charge on any atom is -0.487 e. The number of rotatable bonds is 2. The standard InChI is InChI=1S/C17H16ClN3O/c1-17(2)9-13(11-5-3-4-6-15(11)22-17)20-16-8-7-12(18)14(10-19)21-16/h3-8,13H,9H2,1-2H3,(H,20,21). The molecule has 22 heavy (non-hydrogen) atoms. The highest BCUT2D eigenvalue weighted by Gasteiger charge is 2.33. The van der Waals surface area contributed by atoms with Crippen molar-refractivity contribution in [1.82, 2.24) is 4.98 Å². The molecular weight excluding hydrogens is 298 g/mol. The third kappa shape index (κ3) is 2.86. The van der Waals surface area contributed by atoms with Gasteiger partial charge < -0.3 is 10.1 Å². The van der Waals surface area contributed by atoms with Crippen LogP contribution < -0.4 is 10.1 Å². The van der Waals surface area contributed by atoms with Crippen molar-refractivity contribution in [1.29, 1.82) is 5.26 Å². The Bertz CT molecular complexity index is 752. The van der Waals surface area contributed by atoms with Crippen molar-refractivity contribution in [3.63, 3.8) is 0 Å². The molecule has 0 saturated heterocycles. The average Bonchev–Trinajstić information content (AvgIpc) is 2.48. The minimum absolute atomic E-state index is 0.0696. The Morgan fingerprint density at radius 1 is 1.32 bits per heavy atom. The zero-order valence-corrected chi connectivity index (χ0v) is 13.2. The van der Waals surface area contributed by atoms with Gasteiger partial charge in [0.2, 0.25) is 0 Å². The van der Waals surface area contributed by atoms with Gasteiger partial charge in [0.05, 0.1) is 11.1 Å². The van der Waals surface area contributed by atoms with Crippen molar-refractivity contribution in [2.45, 2.75) is 31.9 Å². The second-order valence-electron chi connectivity index (χ2n) is 5.94. The van der Waals surface area contributed by atoms with Gasteiger partial charge in [-0.3, -0.25) is 0 Å². The fourth-order valence-corrected chi connectivity index (χ4v) is 2.86. The monoisotopic (exact) mass is 313 g/mol. The van der Waals surface area contributed by atoms with Gasteiger partial charge in [0.1, 0.15) is 23.2 Å². The molecule has 0 radical (unpaired) electrons. The quantitative estimate of drug-likeness (QED) is 0.897. The van der Waals surface area contributed by atoms with E-state index in [0.717, 1.165) is 17.7 Å². The zero-order chi connectivity index (χ0) is 15.7. The molecule has 1 aromatic carbocycles. The first-order chi connectivity index (χ1) is 10.5. The van der Waals surface area contributed by atoms with E-state index in [0.29, 0.717) is 10.8 Å². The molecule has 0 aliphatic carbocycles. The van der Waals surface area contributed by atoms with Crippen LogP contribution in [0.15, 0.2) is 36.4 Å². The molecule has 3 rings (SSSR count). The van der Waals surface area contributed by atoms with Crippen LogP contribution in [0.25, 0.3) is 0 Å². The molecule has 2 aromatic rings. The third-order valence-corrected chi connectivity index (χ3v) is 3.96. The fraction of sp³-hybridized carbons (Fsp3) is 0.294. The number of fused-ring (bicyclic) bond motifs is 1. The largest absolute Gasteiger partial charge is 0.487 e. The lowest BCUT2D eigenvalue weighted by atomic mass is 9.90. The molecular formula is C17H16ClN3O. The molecule has 1 aliphatic heterocycles. The van der Waals surface area contributed by atoms with Crippen LogP contribution in [0.3, 0.4) is 0 Å². The summed E-state index contributed by atoms with van der Waals surface area (Å²) in [5.74, 6) is 1.52. The van der Waals surface area contributed by atoms with Crippen LogP contribution in [-0.2, 0) is 0 Å². The maximum absolute atomic E-state index is 9.04. The predicted molar refractivity (Wildman–Crippen MR) is 86.1 cm³/mol. The molecule has 5 heteroatoms. The van der Waals surface area contributed by atoms with E-state index < -0.39 is 0 Å². The third-order valence-electron chi connectivity index (χ3n) is 3.65. The number of hydrogen-bond acceptors (Lipinski definition) is 4. The fourth-order valence-electron chi connectivity index (χ4n) is 2.71. The van der Waals surface area contributed by atoms with Crippen LogP contribution in [0.5, 0.6) is 5.75 Å². The summed E-state index contributed by atoms with van der Waals surface area (Å²) >= 11 is 5.93. The van der Waals surface area contributed by atoms with Crippen molar-refractivity contribution in [2.24, 2.45) is 0 Å². The summed E-state index contributed by atoms with van der Waals surface area (Å²) in [7, 11) is 0. The van der Waals surface area contributed by atoms with Gasteiger partial charge in [-0.2, -0.15) is 5.26 Å². The van der Waals surface area contributed by atoms with Gasteiger partial charge in [0, 0.05) is 12.0 Å². The van der Waals surface area contributed by atoms with Gasteiger partial charge in [-0.25, -0.2) is 4.98 Å². The number of nitrogens with zero attached hydrogens (tertiary/aromatic N) is 2. The van der Waals surface area contributed by atoms with Crippen molar-refractivity contribution in [3.8, 4) is 11.8 Å². The first-order valence-corrected chi connectivity index (χ1v) is 7.47. The zero-order valence-electron chi connectivity index (χ0n) is 12.4. The van der Waals surface area contributed by atoms with Crippen molar-refractivity contribution < 1.29 is 4.74 Å². The molecule has 1 aliphatic rings. The second kappa shape index (κ2) is 5.51. The van der Waals surface area contributed by atoms with E-state index in [1.807, 2.05) is 30.3 Å². The van der Waals surface area contributed by atoms with Crippen molar-refractivity contribution in [3.05, 3.63) is 52.7 Å². The van der Waals surface area contributed by atoms with E-state index in [1.165, 1.54) is 0 Å². The van der Waals surface area contributed by atoms with E-state index in [2.05, 4.69) is 24.1 Å². The van der Waals surface area contributed by atoms with Gasteiger partial charge in [-0.15, -0.1) is 0 Å². The van der Waals surface area contributed by atoms with E-state index in [-0.39, 0.29) is 17.3 Å². The number of aromatic nitrogens is 1. The Hall–Kier alpha value is -2.25. The van der Waals surface area contributed by atoms with Crippen LogP contribution in [0.4, 0.5) is 5.82 Å². The summed E-state index contributed by atoms with van der Waals surface area (Å²) < 4.78 is 6.02. The molecule has 0 spiro atoms. The minimum atomic E-state index is -0.267. The van der Waals surface area contributed by atoms with Crippen LogP contribution in [0.1, 0.15) is 37.6 Å². The number of halogens is 1. The Morgan fingerprint density at radius 3 is 2.86 bits per heavy atom. The van der Waals surface area contributed by atoms with Crippen LogP contribution >= 0.6 is 11.6 Å². The molecule has 1 unspecified atom stereocenters. The van der Waals surface area contributed by atoms with Gasteiger partial charge in [0.25, 0.3) is 0 Å². The van der Waals surface area contributed by atoms with E-state index in [1.54, 1.807) is 12.1 Å². The summed E-state index contributed by atoms with van der Waals surface area (Å²) in [5.41, 5.74) is 1.06. The number of hydrogen-bond donors (Lipinski definition) is 1. The molecule has 4 nitrogen and oxygen atoms in total. The number of pyridine rings is 1. The molecule has 1 atom stereocenters. The number of nitrogens with one attached hydrogen (secondary N) is 1. The van der Waals surface area contributed by atoms with E-state index in [9.17, 15) is 0 Å². The summed E-state index contributed by atoms with van der Waals surface area (Å²) in [6.07, 6.45) is 0.802. The highest BCUT2D eigenvalue weighted by molar-refractivity contribution is 6.31.